The molecule has 0 unspecified atom stereocenters. The van der Waals surface area contributed by atoms with Gasteiger partial charge in [0.1, 0.15) is 5.75 Å². The van der Waals surface area contributed by atoms with Crippen LogP contribution in [0.2, 0.25) is 0 Å². The highest BCUT2D eigenvalue weighted by Crippen LogP contribution is 2.27. The summed E-state index contributed by atoms with van der Waals surface area (Å²) >= 11 is 0. The monoisotopic (exact) mass is 580 g/mol. The summed E-state index contributed by atoms with van der Waals surface area (Å²) in [5.41, 5.74) is 4.88. The second-order valence-corrected chi connectivity index (χ2v) is 10.7. The van der Waals surface area contributed by atoms with E-state index in [4.69, 9.17) is 14.5 Å². The quantitative estimate of drug-likeness (QED) is 0.343. The molecule has 1 aromatic heterocycles. The van der Waals surface area contributed by atoms with E-state index in [0.29, 0.717) is 25.8 Å². The highest BCUT2D eigenvalue weighted by molar-refractivity contribution is 5.93. The minimum atomic E-state index is -0.0683. The molecular weight excluding hydrogens is 540 g/mol. The summed E-state index contributed by atoms with van der Waals surface area (Å²) in [4.78, 5) is 27.9. The Kier molecular flexibility index (Phi) is 10.6. The first-order valence-corrected chi connectivity index (χ1v) is 14.9. The number of nitrogens with zero attached hydrogens (tertiary/aromatic N) is 5. The first-order valence-electron chi connectivity index (χ1n) is 14.9. The number of anilines is 3. The summed E-state index contributed by atoms with van der Waals surface area (Å²) in [6.07, 6.45) is 7.73. The molecule has 6 bridgehead atoms. The van der Waals surface area contributed by atoms with Crippen LogP contribution in [0, 0.1) is 11.8 Å². The van der Waals surface area contributed by atoms with E-state index in [2.05, 4.69) is 63.3 Å². The lowest BCUT2D eigenvalue weighted by molar-refractivity contribution is -0.126. The molecule has 0 aliphatic carbocycles. The third kappa shape index (κ3) is 8.80. The van der Waals surface area contributed by atoms with Crippen LogP contribution < -0.4 is 15.0 Å². The zero-order chi connectivity index (χ0) is 29.9. The van der Waals surface area contributed by atoms with Crippen molar-refractivity contribution in [2.75, 3.05) is 69.7 Å². The Bertz CT molecular complexity index is 1470. The Labute approximate surface area is 254 Å². The molecule has 0 radical (unpaired) electrons. The van der Waals surface area contributed by atoms with Gasteiger partial charge in [-0.05, 0) is 74.2 Å². The van der Waals surface area contributed by atoms with Gasteiger partial charge in [0, 0.05) is 62.9 Å². The molecule has 224 valence electrons. The van der Waals surface area contributed by atoms with Gasteiger partial charge in [-0.3, -0.25) is 9.69 Å². The number of benzene rings is 2. The standard InChI is InChI=1S/C34H40N6O3/c1-3-9-33(41)40-18-16-39(17-19-40)15-8-14-38(2)30-23-27-22-29(25-30)36-34-35-13-12-32(37-34)28-10-7-11-31(24-28)43-21-6-4-5-20-42-26-27/h4-5,7,10-13,22-25H,6,8,14-21,26H2,1-2H3,(H,35,36,37)/b5-4+. The Morgan fingerprint density at radius 2 is 1.98 bits per heavy atom. The summed E-state index contributed by atoms with van der Waals surface area (Å²) in [6.45, 7) is 8.44. The van der Waals surface area contributed by atoms with E-state index in [1.165, 1.54) is 0 Å². The van der Waals surface area contributed by atoms with Crippen molar-refractivity contribution >= 4 is 23.2 Å². The summed E-state index contributed by atoms with van der Waals surface area (Å²) in [6, 6.07) is 16.3. The molecular formula is C34H40N6O3. The molecule has 1 saturated heterocycles. The van der Waals surface area contributed by atoms with Crippen molar-refractivity contribution in [2.24, 2.45) is 0 Å². The van der Waals surface area contributed by atoms with Gasteiger partial charge in [-0.2, -0.15) is 0 Å². The molecule has 0 saturated carbocycles. The van der Waals surface area contributed by atoms with Crippen LogP contribution in [-0.2, 0) is 16.1 Å². The zero-order valence-electron chi connectivity index (χ0n) is 25.1. The largest absolute Gasteiger partial charge is 0.493 e. The Balaban J connectivity index is 1.27. The fraction of sp³-hybridized carbons (Fsp3) is 0.382. The van der Waals surface area contributed by atoms with Crippen LogP contribution in [0.5, 0.6) is 5.75 Å². The third-order valence-corrected chi connectivity index (χ3v) is 7.52. The molecule has 0 spiro atoms. The average Bonchev–Trinajstić information content (AvgIpc) is 3.02. The van der Waals surface area contributed by atoms with Gasteiger partial charge in [0.05, 0.1) is 25.5 Å². The predicted octanol–water partition coefficient (Wildman–Crippen LogP) is 4.74. The predicted molar refractivity (Wildman–Crippen MR) is 170 cm³/mol. The molecule has 9 nitrogen and oxygen atoms in total. The van der Waals surface area contributed by atoms with Gasteiger partial charge in [0.2, 0.25) is 5.95 Å². The van der Waals surface area contributed by atoms with Gasteiger partial charge in [0.25, 0.3) is 5.91 Å². The maximum Gasteiger partial charge on any atom is 0.298 e. The van der Waals surface area contributed by atoms with E-state index in [9.17, 15) is 4.79 Å². The maximum absolute atomic E-state index is 12.0. The van der Waals surface area contributed by atoms with Crippen molar-refractivity contribution in [3.63, 3.8) is 0 Å². The normalized spacial score (nSPS) is 16.4. The third-order valence-electron chi connectivity index (χ3n) is 7.52. The van der Waals surface area contributed by atoms with Crippen molar-refractivity contribution in [3.05, 3.63) is 72.4 Å². The Morgan fingerprint density at radius 3 is 2.84 bits per heavy atom. The van der Waals surface area contributed by atoms with E-state index in [1.54, 1.807) is 13.1 Å². The van der Waals surface area contributed by atoms with Gasteiger partial charge >= 0.3 is 0 Å². The van der Waals surface area contributed by atoms with Crippen molar-refractivity contribution in [1.29, 1.82) is 0 Å². The summed E-state index contributed by atoms with van der Waals surface area (Å²) in [5.74, 6) is 6.63. The number of piperazine rings is 1. The van der Waals surface area contributed by atoms with Gasteiger partial charge in [-0.15, -0.1) is 0 Å². The SMILES string of the molecule is CC#CC(=O)N1CCN(CCCN(C)c2cc3cc(c2)Nc2nccc(n2)-c2cccc(c2)OCC/C=C/COC3)CC1. The van der Waals surface area contributed by atoms with Crippen LogP contribution in [0.15, 0.2) is 66.9 Å². The number of hydrogen-bond donors (Lipinski definition) is 1. The van der Waals surface area contributed by atoms with Crippen LogP contribution >= 0.6 is 0 Å². The van der Waals surface area contributed by atoms with Gasteiger partial charge in [-0.1, -0.05) is 30.2 Å². The fourth-order valence-corrected chi connectivity index (χ4v) is 5.20. The number of amides is 1. The molecule has 5 rings (SSSR count). The topological polar surface area (TPSA) is 83.1 Å². The van der Waals surface area contributed by atoms with Gasteiger partial charge in [-0.25, -0.2) is 9.97 Å². The molecule has 2 aliphatic heterocycles. The van der Waals surface area contributed by atoms with E-state index in [-0.39, 0.29) is 5.91 Å². The molecule has 3 aromatic rings. The zero-order valence-corrected chi connectivity index (χ0v) is 25.1. The highest BCUT2D eigenvalue weighted by Gasteiger charge is 2.19. The number of hydrogen-bond acceptors (Lipinski definition) is 8. The molecule has 9 heteroatoms. The smallest absolute Gasteiger partial charge is 0.298 e. The lowest BCUT2D eigenvalue weighted by atomic mass is 10.1. The number of fused-ring (bicyclic) bond motifs is 7. The number of carbonyl (C=O) groups is 1. The lowest BCUT2D eigenvalue weighted by Gasteiger charge is -2.34. The van der Waals surface area contributed by atoms with Crippen LogP contribution in [0.25, 0.3) is 11.3 Å². The second kappa shape index (κ2) is 15.2. The number of ether oxygens (including phenoxy) is 2. The molecule has 43 heavy (non-hydrogen) atoms. The lowest BCUT2D eigenvalue weighted by Crippen LogP contribution is -2.48. The molecule has 2 aromatic carbocycles. The molecule has 3 heterocycles. The van der Waals surface area contributed by atoms with Crippen molar-refractivity contribution in [2.45, 2.75) is 26.4 Å². The number of rotatable bonds is 5. The van der Waals surface area contributed by atoms with E-state index < -0.39 is 0 Å². The van der Waals surface area contributed by atoms with Crippen LogP contribution in [0.4, 0.5) is 17.3 Å². The number of carbonyl (C=O) groups excluding carboxylic acids is 1. The molecule has 0 atom stereocenters. The minimum Gasteiger partial charge on any atom is -0.493 e. The fourth-order valence-electron chi connectivity index (χ4n) is 5.20. The Morgan fingerprint density at radius 1 is 1.09 bits per heavy atom. The van der Waals surface area contributed by atoms with E-state index >= 15 is 0 Å². The Hall–Kier alpha value is -4.39. The first kappa shape index (κ1) is 30.1. The molecule has 1 N–H and O–H groups in total. The molecule has 1 fully saturated rings. The van der Waals surface area contributed by atoms with Gasteiger partial charge in [0.15, 0.2) is 0 Å². The van der Waals surface area contributed by atoms with E-state index in [0.717, 1.165) is 86.1 Å². The highest BCUT2D eigenvalue weighted by atomic mass is 16.5. The van der Waals surface area contributed by atoms with Crippen LogP contribution in [0.1, 0.15) is 25.3 Å². The number of nitrogens with one attached hydrogen (secondary N) is 1. The number of aromatic nitrogens is 2. The average molecular weight is 581 g/mol. The molecule has 1 amide bonds. The summed E-state index contributed by atoms with van der Waals surface area (Å²) < 4.78 is 11.9. The van der Waals surface area contributed by atoms with Crippen LogP contribution in [-0.4, -0.2) is 85.2 Å². The summed E-state index contributed by atoms with van der Waals surface area (Å²) in [7, 11) is 2.12. The first-order chi connectivity index (χ1) is 21.1. The molecule has 2 aliphatic rings. The van der Waals surface area contributed by atoms with Crippen molar-refractivity contribution in [3.8, 4) is 28.8 Å². The van der Waals surface area contributed by atoms with Crippen molar-refractivity contribution in [1.82, 2.24) is 19.8 Å². The van der Waals surface area contributed by atoms with Gasteiger partial charge < -0.3 is 24.6 Å². The van der Waals surface area contributed by atoms with E-state index in [1.807, 2.05) is 41.3 Å². The minimum absolute atomic E-state index is 0.0683. The maximum atomic E-state index is 12.0. The summed E-state index contributed by atoms with van der Waals surface area (Å²) in [5, 5.41) is 3.42. The van der Waals surface area contributed by atoms with Crippen LogP contribution in [0.3, 0.4) is 0 Å². The second-order valence-electron chi connectivity index (χ2n) is 10.7. The van der Waals surface area contributed by atoms with Crippen molar-refractivity contribution < 1.29 is 14.3 Å².